The zero-order valence-electron chi connectivity index (χ0n) is 12.2. The lowest BCUT2D eigenvalue weighted by Gasteiger charge is -2.08. The molecular weight excluding hydrogens is 268 g/mol. The molecule has 0 radical (unpaired) electrons. The molecule has 0 aliphatic carbocycles. The minimum Gasteiger partial charge on any atom is -0.461 e. The number of carbonyl (C=O) groups excluding carboxylic acids is 1. The summed E-state index contributed by atoms with van der Waals surface area (Å²) in [7, 11) is 0. The molecule has 6 heteroatoms. The molecule has 2 rings (SSSR count). The Morgan fingerprint density at radius 3 is 3.05 bits per heavy atom. The van der Waals surface area contributed by atoms with E-state index in [0.29, 0.717) is 12.3 Å². The largest absolute Gasteiger partial charge is 0.461 e. The monoisotopic (exact) mass is 288 g/mol. The summed E-state index contributed by atoms with van der Waals surface area (Å²) >= 11 is 0. The van der Waals surface area contributed by atoms with Crippen LogP contribution in [0.1, 0.15) is 29.4 Å². The van der Waals surface area contributed by atoms with Crippen molar-refractivity contribution in [3.63, 3.8) is 0 Å². The number of ether oxygens (including phenoxy) is 1. The first-order valence-electron chi connectivity index (χ1n) is 7.08. The van der Waals surface area contributed by atoms with Crippen molar-refractivity contribution in [1.29, 1.82) is 0 Å². The average molecular weight is 288 g/mol. The van der Waals surface area contributed by atoms with Gasteiger partial charge in [0.2, 0.25) is 0 Å². The maximum absolute atomic E-state index is 11.7. The molecule has 0 amide bonds. The Hall–Kier alpha value is -2.21. The van der Waals surface area contributed by atoms with Crippen molar-refractivity contribution in [2.24, 2.45) is 0 Å². The number of rotatable bonds is 8. The van der Waals surface area contributed by atoms with Crippen LogP contribution < -0.4 is 5.32 Å². The fourth-order valence-electron chi connectivity index (χ4n) is 1.98. The molecule has 2 heterocycles. The van der Waals surface area contributed by atoms with Crippen LogP contribution in [0.3, 0.4) is 0 Å². The van der Waals surface area contributed by atoms with Crippen LogP contribution in [0.5, 0.6) is 0 Å². The van der Waals surface area contributed by atoms with Crippen LogP contribution in [0.15, 0.2) is 37.1 Å². The summed E-state index contributed by atoms with van der Waals surface area (Å²) in [6.07, 6.45) is 7.72. The Kier molecular flexibility index (Phi) is 5.90. The first-order valence-corrected chi connectivity index (χ1v) is 7.08. The van der Waals surface area contributed by atoms with Crippen molar-refractivity contribution >= 4 is 5.97 Å². The number of carbonyl (C=O) groups is 1. The second-order valence-corrected chi connectivity index (χ2v) is 4.58. The highest BCUT2D eigenvalue weighted by Crippen LogP contribution is 2.03. The minimum absolute atomic E-state index is 0.321. The number of hydrogen-bond donors (Lipinski definition) is 1. The molecule has 0 unspecified atom stereocenters. The third-order valence-electron chi connectivity index (χ3n) is 3.00. The molecule has 0 aliphatic rings. The SMILES string of the molecule is CCOC(=O)c1cncn1CCCNCc1cccnc1. The molecule has 2 aromatic rings. The lowest BCUT2D eigenvalue weighted by Crippen LogP contribution is -2.18. The van der Waals surface area contributed by atoms with Gasteiger partial charge in [-0.05, 0) is 31.5 Å². The molecule has 0 fully saturated rings. The van der Waals surface area contributed by atoms with E-state index >= 15 is 0 Å². The van der Waals surface area contributed by atoms with Gasteiger partial charge in [-0.1, -0.05) is 6.07 Å². The van der Waals surface area contributed by atoms with Gasteiger partial charge in [0.1, 0.15) is 5.69 Å². The lowest BCUT2D eigenvalue weighted by molar-refractivity contribution is 0.0513. The van der Waals surface area contributed by atoms with Gasteiger partial charge in [0.05, 0.1) is 19.1 Å². The fraction of sp³-hybridized carbons (Fsp3) is 0.400. The van der Waals surface area contributed by atoms with Crippen molar-refractivity contribution in [1.82, 2.24) is 19.9 Å². The van der Waals surface area contributed by atoms with Crippen LogP contribution in [-0.2, 0) is 17.8 Å². The molecule has 2 aromatic heterocycles. The number of pyridine rings is 1. The van der Waals surface area contributed by atoms with E-state index in [1.807, 2.05) is 22.9 Å². The van der Waals surface area contributed by atoms with Crippen molar-refractivity contribution in [3.8, 4) is 0 Å². The topological polar surface area (TPSA) is 69.0 Å². The van der Waals surface area contributed by atoms with Gasteiger partial charge in [-0.2, -0.15) is 0 Å². The van der Waals surface area contributed by atoms with E-state index in [0.717, 1.165) is 31.6 Å². The maximum atomic E-state index is 11.7. The molecule has 1 N–H and O–H groups in total. The number of aryl methyl sites for hydroxylation is 1. The third kappa shape index (κ3) is 4.68. The molecule has 0 spiro atoms. The van der Waals surface area contributed by atoms with Crippen LogP contribution in [0.4, 0.5) is 0 Å². The molecular formula is C15H20N4O2. The van der Waals surface area contributed by atoms with Crippen LogP contribution >= 0.6 is 0 Å². The van der Waals surface area contributed by atoms with Gasteiger partial charge in [0, 0.05) is 25.5 Å². The molecule has 6 nitrogen and oxygen atoms in total. The highest BCUT2D eigenvalue weighted by Gasteiger charge is 2.11. The van der Waals surface area contributed by atoms with Gasteiger partial charge in [0.15, 0.2) is 0 Å². The van der Waals surface area contributed by atoms with Gasteiger partial charge in [-0.3, -0.25) is 4.98 Å². The summed E-state index contributed by atoms with van der Waals surface area (Å²) in [5, 5.41) is 3.35. The summed E-state index contributed by atoms with van der Waals surface area (Å²) in [5.41, 5.74) is 1.66. The van der Waals surface area contributed by atoms with Gasteiger partial charge in [0.25, 0.3) is 0 Å². The molecule has 0 saturated heterocycles. The minimum atomic E-state index is -0.321. The maximum Gasteiger partial charge on any atom is 0.356 e. The number of aromatic nitrogens is 3. The van der Waals surface area contributed by atoms with Crippen LogP contribution in [0, 0.1) is 0 Å². The predicted molar refractivity (Wildman–Crippen MR) is 78.7 cm³/mol. The summed E-state index contributed by atoms with van der Waals surface area (Å²) in [4.78, 5) is 19.8. The smallest absolute Gasteiger partial charge is 0.356 e. The molecule has 0 aliphatic heterocycles. The van der Waals surface area contributed by atoms with E-state index < -0.39 is 0 Å². The first kappa shape index (κ1) is 15.2. The van der Waals surface area contributed by atoms with Crippen molar-refractivity contribution in [2.75, 3.05) is 13.2 Å². The highest BCUT2D eigenvalue weighted by atomic mass is 16.5. The van der Waals surface area contributed by atoms with Gasteiger partial charge >= 0.3 is 5.97 Å². The lowest BCUT2D eigenvalue weighted by atomic mass is 10.3. The standard InChI is InChI=1S/C15H20N4O2/c1-2-21-15(20)14-11-18-12-19(14)8-4-7-17-10-13-5-3-6-16-9-13/h3,5-6,9,11-12,17H,2,4,7-8,10H2,1H3. The highest BCUT2D eigenvalue weighted by molar-refractivity contribution is 5.87. The number of nitrogens with zero attached hydrogens (tertiary/aromatic N) is 3. The van der Waals surface area contributed by atoms with Crippen molar-refractivity contribution in [2.45, 2.75) is 26.4 Å². The number of imidazole rings is 1. The second kappa shape index (κ2) is 8.16. The molecule has 0 saturated carbocycles. The normalized spacial score (nSPS) is 10.5. The number of nitrogens with one attached hydrogen (secondary N) is 1. The van der Waals surface area contributed by atoms with E-state index in [4.69, 9.17) is 4.74 Å². The van der Waals surface area contributed by atoms with Crippen LogP contribution in [-0.4, -0.2) is 33.7 Å². The van der Waals surface area contributed by atoms with Crippen molar-refractivity contribution in [3.05, 3.63) is 48.3 Å². The van der Waals surface area contributed by atoms with E-state index in [1.54, 1.807) is 25.6 Å². The third-order valence-corrected chi connectivity index (χ3v) is 3.00. The zero-order chi connectivity index (χ0) is 14.9. The Morgan fingerprint density at radius 2 is 2.29 bits per heavy atom. The summed E-state index contributed by atoms with van der Waals surface area (Å²) < 4.78 is 6.81. The van der Waals surface area contributed by atoms with Crippen LogP contribution in [0.2, 0.25) is 0 Å². The molecule has 0 bridgehead atoms. The quantitative estimate of drug-likeness (QED) is 0.590. The van der Waals surface area contributed by atoms with Gasteiger partial charge < -0.3 is 14.6 Å². The van der Waals surface area contributed by atoms with Crippen LogP contribution in [0.25, 0.3) is 0 Å². The predicted octanol–water partition coefficient (Wildman–Crippen LogP) is 1.63. The fourth-order valence-corrected chi connectivity index (χ4v) is 1.98. The van der Waals surface area contributed by atoms with Crippen molar-refractivity contribution < 1.29 is 9.53 Å². The van der Waals surface area contributed by atoms with E-state index in [9.17, 15) is 4.79 Å². The van der Waals surface area contributed by atoms with E-state index in [2.05, 4.69) is 15.3 Å². The van der Waals surface area contributed by atoms with E-state index in [-0.39, 0.29) is 5.97 Å². The summed E-state index contributed by atoms with van der Waals surface area (Å²) in [6, 6.07) is 3.96. The zero-order valence-corrected chi connectivity index (χ0v) is 12.2. The Bertz CT molecular complexity index is 554. The molecule has 112 valence electrons. The summed E-state index contributed by atoms with van der Waals surface area (Å²) in [6.45, 7) is 4.55. The van der Waals surface area contributed by atoms with Gasteiger partial charge in [-0.25, -0.2) is 9.78 Å². The van der Waals surface area contributed by atoms with E-state index in [1.165, 1.54) is 0 Å². The first-order chi connectivity index (χ1) is 10.3. The Labute approximate surface area is 124 Å². The average Bonchev–Trinajstić information content (AvgIpc) is 2.97. The summed E-state index contributed by atoms with van der Waals surface area (Å²) in [5.74, 6) is -0.321. The van der Waals surface area contributed by atoms with Gasteiger partial charge in [-0.15, -0.1) is 0 Å². The Balaban J connectivity index is 1.72. The number of esters is 1. The molecule has 0 aromatic carbocycles. The number of hydrogen-bond acceptors (Lipinski definition) is 5. The molecule has 21 heavy (non-hydrogen) atoms. The Morgan fingerprint density at radius 1 is 1.38 bits per heavy atom. The second-order valence-electron chi connectivity index (χ2n) is 4.58. The molecule has 0 atom stereocenters.